The van der Waals surface area contributed by atoms with Crippen LogP contribution >= 0.6 is 0 Å². The number of rotatable bonds is 4. The maximum atomic E-state index is 12.2. The number of hydrogen-bond donors (Lipinski definition) is 1. The summed E-state index contributed by atoms with van der Waals surface area (Å²) in [5, 5.41) is 7.32. The Morgan fingerprint density at radius 3 is 3.00 bits per heavy atom. The lowest BCUT2D eigenvalue weighted by Crippen LogP contribution is -2.30. The first-order chi connectivity index (χ1) is 10.1. The Morgan fingerprint density at radius 1 is 1.43 bits per heavy atom. The highest BCUT2D eigenvalue weighted by Crippen LogP contribution is 2.35. The number of hydrogen-bond acceptors (Lipinski definition) is 2. The van der Waals surface area contributed by atoms with Gasteiger partial charge in [0.15, 0.2) is 0 Å². The molecule has 1 amide bonds. The molecule has 2 aromatic rings. The van der Waals surface area contributed by atoms with Gasteiger partial charge in [-0.25, -0.2) is 0 Å². The van der Waals surface area contributed by atoms with Gasteiger partial charge in [0.05, 0.1) is 12.2 Å². The highest BCUT2D eigenvalue weighted by Gasteiger charge is 2.29. The molecule has 0 radical (unpaired) electrons. The van der Waals surface area contributed by atoms with Gasteiger partial charge in [0, 0.05) is 19.7 Å². The Hall–Kier alpha value is -2.10. The Labute approximate surface area is 125 Å². The first-order valence-electron chi connectivity index (χ1n) is 7.48. The van der Waals surface area contributed by atoms with E-state index < -0.39 is 0 Å². The first-order valence-corrected chi connectivity index (χ1v) is 7.48. The number of carbonyl (C=O) groups excluding carboxylic acids is 1. The third-order valence-electron chi connectivity index (χ3n) is 4.22. The van der Waals surface area contributed by atoms with Crippen molar-refractivity contribution >= 4 is 5.91 Å². The molecule has 0 spiro atoms. The van der Waals surface area contributed by atoms with Gasteiger partial charge in [-0.2, -0.15) is 5.10 Å². The Bertz CT molecular complexity index is 647. The lowest BCUT2D eigenvalue weighted by Gasteiger charge is -2.18. The average Bonchev–Trinajstić information content (AvgIpc) is 3.01. The van der Waals surface area contributed by atoms with Crippen LogP contribution in [0, 0.1) is 5.92 Å². The minimum absolute atomic E-state index is 0.118. The van der Waals surface area contributed by atoms with E-state index in [2.05, 4.69) is 35.5 Å². The molecule has 1 aliphatic carbocycles. The molecule has 0 saturated carbocycles. The van der Waals surface area contributed by atoms with Crippen molar-refractivity contribution in [1.29, 1.82) is 0 Å². The molecule has 2 atom stereocenters. The number of benzene rings is 1. The number of nitrogens with zero attached hydrogens (tertiary/aromatic N) is 2. The summed E-state index contributed by atoms with van der Waals surface area (Å²) < 4.78 is 1.77. The van der Waals surface area contributed by atoms with Crippen LogP contribution < -0.4 is 5.32 Å². The van der Waals surface area contributed by atoms with Crippen LogP contribution in [0.4, 0.5) is 0 Å². The van der Waals surface area contributed by atoms with Crippen molar-refractivity contribution in [2.24, 2.45) is 13.0 Å². The summed E-state index contributed by atoms with van der Waals surface area (Å²) in [6, 6.07) is 8.56. The topological polar surface area (TPSA) is 46.9 Å². The van der Waals surface area contributed by atoms with Crippen molar-refractivity contribution in [3.63, 3.8) is 0 Å². The van der Waals surface area contributed by atoms with Crippen LogP contribution in [0.25, 0.3) is 0 Å². The molecule has 1 aliphatic rings. The predicted molar refractivity (Wildman–Crippen MR) is 81.7 cm³/mol. The number of carbonyl (C=O) groups is 1. The lowest BCUT2D eigenvalue weighted by molar-refractivity contribution is -0.122. The zero-order valence-corrected chi connectivity index (χ0v) is 12.5. The van der Waals surface area contributed by atoms with Gasteiger partial charge >= 0.3 is 0 Å². The van der Waals surface area contributed by atoms with Crippen LogP contribution in [0.2, 0.25) is 0 Å². The smallest absolute Gasteiger partial charge is 0.220 e. The van der Waals surface area contributed by atoms with E-state index in [0.717, 1.165) is 18.4 Å². The van der Waals surface area contributed by atoms with E-state index in [4.69, 9.17) is 0 Å². The maximum absolute atomic E-state index is 12.2. The number of fused-ring (bicyclic) bond motifs is 1. The zero-order valence-electron chi connectivity index (χ0n) is 12.5. The Morgan fingerprint density at radius 2 is 2.24 bits per heavy atom. The van der Waals surface area contributed by atoms with Crippen LogP contribution in [0.3, 0.4) is 0 Å². The van der Waals surface area contributed by atoms with Crippen LogP contribution in [0.5, 0.6) is 0 Å². The average molecular weight is 283 g/mol. The molecule has 0 bridgehead atoms. The van der Waals surface area contributed by atoms with Crippen LogP contribution in [-0.2, 0) is 24.7 Å². The van der Waals surface area contributed by atoms with Gasteiger partial charge in [-0.15, -0.1) is 0 Å². The Balaban J connectivity index is 1.60. The van der Waals surface area contributed by atoms with Crippen molar-refractivity contribution in [2.45, 2.75) is 32.2 Å². The van der Waals surface area contributed by atoms with Gasteiger partial charge in [-0.1, -0.05) is 31.2 Å². The molecule has 0 fully saturated rings. The van der Waals surface area contributed by atoms with Crippen LogP contribution in [-0.4, -0.2) is 15.7 Å². The van der Waals surface area contributed by atoms with Crippen LogP contribution in [0.1, 0.15) is 36.1 Å². The first kappa shape index (κ1) is 13.9. The molecule has 0 unspecified atom stereocenters. The van der Waals surface area contributed by atoms with E-state index in [0.29, 0.717) is 12.3 Å². The molecule has 3 rings (SSSR count). The van der Waals surface area contributed by atoms with Crippen LogP contribution in [0.15, 0.2) is 36.7 Å². The summed E-state index contributed by atoms with van der Waals surface area (Å²) in [7, 11) is 1.89. The highest BCUT2D eigenvalue weighted by atomic mass is 16.1. The third kappa shape index (κ3) is 2.99. The summed E-state index contributed by atoms with van der Waals surface area (Å²) >= 11 is 0. The highest BCUT2D eigenvalue weighted by molar-refractivity contribution is 5.77. The SMILES string of the molecule is C[C@@H]1Cc2ccccc2[C@H]1NC(=O)CCc1cnn(C)c1. The minimum Gasteiger partial charge on any atom is -0.349 e. The normalized spacial score (nSPS) is 20.3. The molecule has 1 heterocycles. The summed E-state index contributed by atoms with van der Waals surface area (Å²) in [6.07, 6.45) is 6.07. The summed E-state index contributed by atoms with van der Waals surface area (Å²) in [4.78, 5) is 12.2. The van der Waals surface area contributed by atoms with Gasteiger partial charge in [0.25, 0.3) is 0 Å². The third-order valence-corrected chi connectivity index (χ3v) is 4.22. The predicted octanol–water partition coefficient (Wildman–Crippen LogP) is 2.40. The molecule has 1 N–H and O–H groups in total. The number of nitrogens with one attached hydrogen (secondary N) is 1. The zero-order chi connectivity index (χ0) is 14.8. The van der Waals surface area contributed by atoms with Gasteiger partial charge < -0.3 is 5.32 Å². The molecule has 1 aromatic carbocycles. The van der Waals surface area contributed by atoms with E-state index in [-0.39, 0.29) is 11.9 Å². The second kappa shape index (κ2) is 5.72. The molecule has 0 saturated heterocycles. The summed E-state index contributed by atoms with van der Waals surface area (Å²) in [5.74, 6) is 0.581. The van der Waals surface area contributed by atoms with E-state index >= 15 is 0 Å². The van der Waals surface area contributed by atoms with Gasteiger partial charge in [0.1, 0.15) is 0 Å². The van der Waals surface area contributed by atoms with Gasteiger partial charge in [-0.05, 0) is 35.4 Å². The molecule has 1 aromatic heterocycles. The van der Waals surface area contributed by atoms with Crippen molar-refractivity contribution < 1.29 is 4.79 Å². The molecule has 0 aliphatic heterocycles. The minimum atomic E-state index is 0.118. The molecular formula is C17H21N3O. The van der Waals surface area contributed by atoms with Crippen molar-refractivity contribution in [1.82, 2.24) is 15.1 Å². The summed E-state index contributed by atoms with van der Waals surface area (Å²) in [5.41, 5.74) is 3.75. The largest absolute Gasteiger partial charge is 0.349 e. The quantitative estimate of drug-likeness (QED) is 0.936. The van der Waals surface area contributed by atoms with E-state index in [1.807, 2.05) is 25.5 Å². The second-order valence-electron chi connectivity index (χ2n) is 5.95. The molecule has 21 heavy (non-hydrogen) atoms. The molecule has 4 heteroatoms. The maximum Gasteiger partial charge on any atom is 0.220 e. The Kier molecular flexibility index (Phi) is 3.78. The standard InChI is InChI=1S/C17H21N3O/c1-12-9-14-5-3-4-6-15(14)17(12)19-16(21)8-7-13-10-18-20(2)11-13/h3-6,10-12,17H,7-9H2,1-2H3,(H,19,21)/t12-,17+/m1/s1. The van der Waals surface area contributed by atoms with Crippen molar-refractivity contribution in [2.75, 3.05) is 0 Å². The number of aryl methyl sites for hydroxylation is 2. The fraction of sp³-hybridized carbons (Fsp3) is 0.412. The fourth-order valence-electron chi connectivity index (χ4n) is 3.12. The monoisotopic (exact) mass is 283 g/mol. The molecular weight excluding hydrogens is 262 g/mol. The second-order valence-corrected chi connectivity index (χ2v) is 5.95. The summed E-state index contributed by atoms with van der Waals surface area (Å²) in [6.45, 7) is 2.20. The molecule has 4 nitrogen and oxygen atoms in total. The van der Waals surface area contributed by atoms with Crippen molar-refractivity contribution in [3.8, 4) is 0 Å². The lowest BCUT2D eigenvalue weighted by atomic mass is 10.0. The number of aromatic nitrogens is 2. The van der Waals surface area contributed by atoms with E-state index in [9.17, 15) is 4.79 Å². The number of amides is 1. The van der Waals surface area contributed by atoms with Crippen molar-refractivity contribution in [3.05, 3.63) is 53.3 Å². The molecule has 110 valence electrons. The fourth-order valence-corrected chi connectivity index (χ4v) is 3.12. The van der Waals surface area contributed by atoms with E-state index in [1.165, 1.54) is 11.1 Å². The van der Waals surface area contributed by atoms with E-state index in [1.54, 1.807) is 4.68 Å². The van der Waals surface area contributed by atoms with Gasteiger partial charge in [0.2, 0.25) is 5.91 Å². The van der Waals surface area contributed by atoms with Gasteiger partial charge in [-0.3, -0.25) is 9.48 Å².